The summed E-state index contributed by atoms with van der Waals surface area (Å²) < 4.78 is 19.1. The molecule has 0 unspecified atom stereocenters. The average Bonchev–Trinajstić information content (AvgIpc) is 3.06. The van der Waals surface area contributed by atoms with Gasteiger partial charge in [-0.05, 0) is 36.8 Å². The number of rotatable bonds is 4. The van der Waals surface area contributed by atoms with E-state index < -0.39 is 0 Å². The zero-order valence-electron chi connectivity index (χ0n) is 13.5. The van der Waals surface area contributed by atoms with E-state index in [1.165, 1.54) is 12.1 Å². The van der Waals surface area contributed by atoms with Crippen molar-refractivity contribution in [3.63, 3.8) is 0 Å². The summed E-state index contributed by atoms with van der Waals surface area (Å²) >= 11 is 0. The van der Waals surface area contributed by atoms with Gasteiger partial charge in [0.2, 0.25) is 0 Å². The number of aromatic amines is 1. The minimum Gasteiger partial charge on any atom is -0.494 e. The summed E-state index contributed by atoms with van der Waals surface area (Å²) in [6.07, 6.45) is 3.34. The van der Waals surface area contributed by atoms with Crippen molar-refractivity contribution < 1.29 is 9.13 Å². The van der Waals surface area contributed by atoms with Gasteiger partial charge >= 0.3 is 0 Å². The smallest absolute Gasteiger partial charge is 0.178 e. The van der Waals surface area contributed by atoms with Gasteiger partial charge in [0, 0.05) is 24.0 Å². The van der Waals surface area contributed by atoms with Gasteiger partial charge in [-0.25, -0.2) is 14.4 Å². The number of nitrogens with one attached hydrogen (secondary N) is 1. The van der Waals surface area contributed by atoms with Crippen LogP contribution in [0.3, 0.4) is 0 Å². The van der Waals surface area contributed by atoms with E-state index in [0.717, 1.165) is 22.4 Å². The Morgan fingerprint density at radius 1 is 1.08 bits per heavy atom. The van der Waals surface area contributed by atoms with E-state index in [1.807, 2.05) is 25.1 Å². The van der Waals surface area contributed by atoms with Gasteiger partial charge in [0.1, 0.15) is 17.3 Å². The molecule has 1 aromatic carbocycles. The van der Waals surface area contributed by atoms with E-state index in [1.54, 1.807) is 24.5 Å². The molecule has 0 aliphatic carbocycles. The predicted molar refractivity (Wildman–Crippen MR) is 93.7 cm³/mol. The summed E-state index contributed by atoms with van der Waals surface area (Å²) in [5.74, 6) is 1.03. The normalized spacial score (nSPS) is 11.0. The van der Waals surface area contributed by atoms with Crippen LogP contribution in [0.1, 0.15) is 6.92 Å². The lowest BCUT2D eigenvalue weighted by Crippen LogP contribution is -1.93. The Balaban J connectivity index is 1.83. The highest BCUT2D eigenvalue weighted by molar-refractivity contribution is 5.91. The van der Waals surface area contributed by atoms with Crippen molar-refractivity contribution in [2.45, 2.75) is 6.92 Å². The fraction of sp³-hybridized carbons (Fsp3) is 0.105. The number of nitrogens with zero attached hydrogens (tertiary/aromatic N) is 3. The molecule has 3 heterocycles. The molecule has 0 bridgehead atoms. The monoisotopic (exact) mass is 334 g/mol. The van der Waals surface area contributed by atoms with Crippen molar-refractivity contribution in [1.29, 1.82) is 0 Å². The number of hydrogen-bond acceptors (Lipinski definition) is 4. The molecular weight excluding hydrogens is 319 g/mol. The number of ether oxygens (including phenoxy) is 1. The Hall–Kier alpha value is -3.28. The maximum Gasteiger partial charge on any atom is 0.178 e. The third-order valence-electron chi connectivity index (χ3n) is 3.81. The van der Waals surface area contributed by atoms with Crippen LogP contribution in [-0.2, 0) is 0 Å². The van der Waals surface area contributed by atoms with Crippen molar-refractivity contribution in [2.75, 3.05) is 6.61 Å². The van der Waals surface area contributed by atoms with Gasteiger partial charge in [0.25, 0.3) is 0 Å². The van der Waals surface area contributed by atoms with Crippen molar-refractivity contribution in [3.05, 3.63) is 60.7 Å². The van der Waals surface area contributed by atoms with Crippen LogP contribution >= 0.6 is 0 Å². The molecule has 0 saturated carbocycles. The molecule has 6 heteroatoms. The first-order valence-electron chi connectivity index (χ1n) is 7.94. The zero-order valence-corrected chi connectivity index (χ0v) is 13.5. The fourth-order valence-corrected chi connectivity index (χ4v) is 2.73. The SMILES string of the molecule is CCOc1ccnc(-c2nc3nccc(-c4cccc(F)c4)c3[nH]2)c1. The van der Waals surface area contributed by atoms with Crippen molar-refractivity contribution >= 4 is 11.2 Å². The molecule has 0 aliphatic rings. The average molecular weight is 334 g/mol. The maximum absolute atomic E-state index is 13.6. The van der Waals surface area contributed by atoms with Gasteiger partial charge in [-0.1, -0.05) is 12.1 Å². The van der Waals surface area contributed by atoms with Crippen LogP contribution in [0.5, 0.6) is 5.75 Å². The topological polar surface area (TPSA) is 63.7 Å². The number of fused-ring (bicyclic) bond motifs is 1. The summed E-state index contributed by atoms with van der Waals surface area (Å²) in [5, 5.41) is 0. The Bertz CT molecular complexity index is 1040. The van der Waals surface area contributed by atoms with E-state index in [2.05, 4.69) is 19.9 Å². The van der Waals surface area contributed by atoms with Crippen LogP contribution in [0, 0.1) is 5.82 Å². The molecule has 5 nitrogen and oxygen atoms in total. The van der Waals surface area contributed by atoms with Crippen molar-refractivity contribution in [3.8, 4) is 28.4 Å². The number of hydrogen-bond donors (Lipinski definition) is 1. The molecule has 0 spiro atoms. The molecular formula is C19H15FN4O. The fourth-order valence-electron chi connectivity index (χ4n) is 2.73. The quantitative estimate of drug-likeness (QED) is 0.607. The van der Waals surface area contributed by atoms with E-state index >= 15 is 0 Å². The molecule has 0 fully saturated rings. The number of pyridine rings is 2. The number of H-pyrrole nitrogens is 1. The summed E-state index contributed by atoms with van der Waals surface area (Å²) in [5.41, 5.74) is 3.56. The molecule has 4 rings (SSSR count). The zero-order chi connectivity index (χ0) is 17.2. The summed E-state index contributed by atoms with van der Waals surface area (Å²) in [6.45, 7) is 2.51. The van der Waals surface area contributed by atoms with Crippen molar-refractivity contribution in [2.24, 2.45) is 0 Å². The van der Waals surface area contributed by atoms with Gasteiger partial charge in [-0.3, -0.25) is 4.98 Å². The lowest BCUT2D eigenvalue weighted by atomic mass is 10.1. The van der Waals surface area contributed by atoms with E-state index in [9.17, 15) is 4.39 Å². The van der Waals surface area contributed by atoms with Crippen LogP contribution in [0.15, 0.2) is 54.9 Å². The Morgan fingerprint density at radius 3 is 2.80 bits per heavy atom. The van der Waals surface area contributed by atoms with Crippen LogP contribution < -0.4 is 4.74 Å². The van der Waals surface area contributed by atoms with Crippen LogP contribution in [0.2, 0.25) is 0 Å². The Labute approximate surface area is 143 Å². The van der Waals surface area contributed by atoms with E-state index in [0.29, 0.717) is 23.8 Å². The minimum absolute atomic E-state index is 0.284. The van der Waals surface area contributed by atoms with Crippen LogP contribution in [-0.4, -0.2) is 26.5 Å². The van der Waals surface area contributed by atoms with Crippen LogP contribution in [0.4, 0.5) is 4.39 Å². The van der Waals surface area contributed by atoms with Gasteiger partial charge in [0.05, 0.1) is 12.1 Å². The summed E-state index contributed by atoms with van der Waals surface area (Å²) in [4.78, 5) is 16.4. The number of aromatic nitrogens is 4. The molecule has 0 saturated heterocycles. The second-order valence-electron chi connectivity index (χ2n) is 5.46. The highest BCUT2D eigenvalue weighted by Crippen LogP contribution is 2.29. The second kappa shape index (κ2) is 6.32. The Morgan fingerprint density at radius 2 is 1.96 bits per heavy atom. The molecule has 25 heavy (non-hydrogen) atoms. The van der Waals surface area contributed by atoms with Gasteiger partial charge in [0.15, 0.2) is 11.5 Å². The molecule has 3 aromatic heterocycles. The third kappa shape index (κ3) is 2.94. The maximum atomic E-state index is 13.6. The molecule has 0 amide bonds. The minimum atomic E-state index is -0.284. The molecule has 124 valence electrons. The molecule has 4 aromatic rings. The second-order valence-corrected chi connectivity index (χ2v) is 5.46. The van der Waals surface area contributed by atoms with E-state index in [-0.39, 0.29) is 5.82 Å². The predicted octanol–water partition coefficient (Wildman–Crippen LogP) is 4.22. The highest BCUT2D eigenvalue weighted by Gasteiger charge is 2.13. The Kier molecular flexibility index (Phi) is 3.85. The highest BCUT2D eigenvalue weighted by atomic mass is 19.1. The summed E-state index contributed by atoms with van der Waals surface area (Å²) in [6, 6.07) is 11.9. The first-order chi connectivity index (χ1) is 12.2. The lowest BCUT2D eigenvalue weighted by Gasteiger charge is -2.03. The lowest BCUT2D eigenvalue weighted by molar-refractivity contribution is 0.340. The molecule has 0 radical (unpaired) electrons. The van der Waals surface area contributed by atoms with Crippen molar-refractivity contribution in [1.82, 2.24) is 19.9 Å². The molecule has 0 aliphatic heterocycles. The largest absolute Gasteiger partial charge is 0.494 e. The van der Waals surface area contributed by atoms with Gasteiger partial charge in [-0.15, -0.1) is 0 Å². The van der Waals surface area contributed by atoms with Crippen LogP contribution in [0.25, 0.3) is 33.8 Å². The summed E-state index contributed by atoms with van der Waals surface area (Å²) in [7, 11) is 0. The van der Waals surface area contributed by atoms with Gasteiger partial charge in [-0.2, -0.15) is 0 Å². The van der Waals surface area contributed by atoms with Gasteiger partial charge < -0.3 is 9.72 Å². The number of benzene rings is 1. The number of imidazole rings is 1. The van der Waals surface area contributed by atoms with E-state index in [4.69, 9.17) is 4.74 Å². The third-order valence-corrected chi connectivity index (χ3v) is 3.81. The first-order valence-corrected chi connectivity index (χ1v) is 7.94. The molecule has 0 atom stereocenters. The standard InChI is InChI=1S/C19H15FN4O/c1-2-25-14-6-8-21-16(11-14)18-23-17-15(7-9-22-19(17)24-18)12-4-3-5-13(20)10-12/h3-11H,2H2,1H3,(H,22,23,24). The first kappa shape index (κ1) is 15.3. The molecule has 1 N–H and O–H groups in total. The number of halogens is 1.